The smallest absolute Gasteiger partial charge is 0.238 e. The minimum atomic E-state index is -0.0641. The van der Waals surface area contributed by atoms with Crippen LogP contribution in [0, 0.1) is 0 Å². The Balaban J connectivity index is 1.81. The molecule has 0 aromatic heterocycles. The number of benzene rings is 2. The van der Waals surface area contributed by atoms with Crippen molar-refractivity contribution in [2.24, 2.45) is 0 Å². The van der Waals surface area contributed by atoms with E-state index < -0.39 is 0 Å². The second-order valence-electron chi connectivity index (χ2n) is 5.47. The normalized spacial score (nSPS) is 10.5. The standard InChI is InChI=1S/C19H21ClN2O2/c1-3-12-24-18-10-4-15(5-11-18)13-22(2)14-19(23)21-17-8-6-16(20)7-9-17/h3-11H,1,12-14H2,2H3,(H,21,23). The molecule has 0 atom stereocenters. The minimum absolute atomic E-state index is 0.0641. The molecule has 0 bridgehead atoms. The highest BCUT2D eigenvalue weighted by Crippen LogP contribution is 2.14. The molecule has 5 heteroatoms. The molecule has 126 valence electrons. The molecule has 0 fully saturated rings. The van der Waals surface area contributed by atoms with E-state index in [-0.39, 0.29) is 5.91 Å². The maximum absolute atomic E-state index is 12.1. The molecule has 0 unspecified atom stereocenters. The van der Waals surface area contributed by atoms with Gasteiger partial charge in [-0.1, -0.05) is 36.4 Å². The van der Waals surface area contributed by atoms with E-state index in [0.717, 1.165) is 17.0 Å². The van der Waals surface area contributed by atoms with Crippen LogP contribution >= 0.6 is 11.6 Å². The monoisotopic (exact) mass is 344 g/mol. The van der Waals surface area contributed by atoms with Crippen LogP contribution in [-0.2, 0) is 11.3 Å². The lowest BCUT2D eigenvalue weighted by molar-refractivity contribution is -0.117. The van der Waals surface area contributed by atoms with Crippen LogP contribution in [0.1, 0.15) is 5.56 Å². The lowest BCUT2D eigenvalue weighted by atomic mass is 10.2. The van der Waals surface area contributed by atoms with E-state index >= 15 is 0 Å². The van der Waals surface area contributed by atoms with E-state index in [1.165, 1.54) is 0 Å². The van der Waals surface area contributed by atoms with Gasteiger partial charge in [-0.05, 0) is 49.0 Å². The summed E-state index contributed by atoms with van der Waals surface area (Å²) in [5, 5.41) is 3.49. The third kappa shape index (κ3) is 6.07. The number of halogens is 1. The molecular weight excluding hydrogens is 324 g/mol. The first kappa shape index (κ1) is 18.0. The van der Waals surface area contributed by atoms with Crippen LogP contribution in [0.2, 0.25) is 5.02 Å². The van der Waals surface area contributed by atoms with Gasteiger partial charge in [-0.15, -0.1) is 0 Å². The van der Waals surface area contributed by atoms with Gasteiger partial charge in [0.05, 0.1) is 6.54 Å². The van der Waals surface area contributed by atoms with Gasteiger partial charge in [0, 0.05) is 17.3 Å². The molecule has 0 aliphatic carbocycles. The largest absolute Gasteiger partial charge is 0.490 e. The molecule has 0 radical (unpaired) electrons. The van der Waals surface area contributed by atoms with E-state index in [9.17, 15) is 4.79 Å². The third-order valence-corrected chi connectivity index (χ3v) is 3.54. The topological polar surface area (TPSA) is 41.6 Å². The summed E-state index contributed by atoms with van der Waals surface area (Å²) < 4.78 is 5.45. The number of likely N-dealkylation sites (N-methyl/N-ethyl adjacent to an activating group) is 1. The maximum Gasteiger partial charge on any atom is 0.238 e. The Labute approximate surface area is 147 Å². The number of nitrogens with one attached hydrogen (secondary N) is 1. The quantitative estimate of drug-likeness (QED) is 0.736. The molecule has 0 saturated carbocycles. The number of amides is 1. The SMILES string of the molecule is C=CCOc1ccc(CN(C)CC(=O)Nc2ccc(Cl)cc2)cc1. The molecule has 1 amide bonds. The molecule has 0 saturated heterocycles. The molecule has 0 heterocycles. The van der Waals surface area contributed by atoms with Gasteiger partial charge in [-0.2, -0.15) is 0 Å². The predicted octanol–water partition coefficient (Wildman–Crippen LogP) is 3.98. The van der Waals surface area contributed by atoms with Crippen LogP contribution in [0.25, 0.3) is 0 Å². The zero-order chi connectivity index (χ0) is 17.4. The Bertz CT molecular complexity index is 669. The van der Waals surface area contributed by atoms with Gasteiger partial charge in [0.25, 0.3) is 0 Å². The zero-order valence-electron chi connectivity index (χ0n) is 13.7. The predicted molar refractivity (Wildman–Crippen MR) is 98.5 cm³/mol. The van der Waals surface area contributed by atoms with Gasteiger partial charge in [-0.25, -0.2) is 0 Å². The number of hydrogen-bond donors (Lipinski definition) is 1. The molecule has 0 aliphatic heterocycles. The molecule has 0 spiro atoms. The third-order valence-electron chi connectivity index (χ3n) is 3.29. The summed E-state index contributed by atoms with van der Waals surface area (Å²) in [4.78, 5) is 14.0. The fraction of sp³-hybridized carbons (Fsp3) is 0.211. The molecule has 0 aliphatic rings. The first-order valence-electron chi connectivity index (χ1n) is 7.63. The summed E-state index contributed by atoms with van der Waals surface area (Å²) in [7, 11) is 1.91. The summed E-state index contributed by atoms with van der Waals surface area (Å²) in [5.41, 5.74) is 1.85. The number of rotatable bonds is 8. The molecule has 2 aromatic rings. The Hall–Kier alpha value is -2.30. The highest BCUT2D eigenvalue weighted by atomic mass is 35.5. The van der Waals surface area contributed by atoms with Gasteiger partial charge < -0.3 is 10.1 Å². The highest BCUT2D eigenvalue weighted by molar-refractivity contribution is 6.30. The molecule has 1 N–H and O–H groups in total. The first-order valence-corrected chi connectivity index (χ1v) is 8.01. The Morgan fingerprint density at radius 1 is 1.21 bits per heavy atom. The average Bonchev–Trinajstić information content (AvgIpc) is 2.56. The molecule has 24 heavy (non-hydrogen) atoms. The minimum Gasteiger partial charge on any atom is -0.490 e. The van der Waals surface area contributed by atoms with Gasteiger partial charge >= 0.3 is 0 Å². The summed E-state index contributed by atoms with van der Waals surface area (Å²) in [6, 6.07) is 14.9. The Kier molecular flexibility index (Phi) is 6.85. The first-order chi connectivity index (χ1) is 11.6. The molecule has 4 nitrogen and oxygen atoms in total. The van der Waals surface area contributed by atoms with E-state index in [1.807, 2.05) is 36.2 Å². The van der Waals surface area contributed by atoms with E-state index in [1.54, 1.807) is 30.3 Å². The fourth-order valence-corrected chi connectivity index (χ4v) is 2.32. The second-order valence-corrected chi connectivity index (χ2v) is 5.91. The number of anilines is 1. The number of nitrogens with zero attached hydrogens (tertiary/aromatic N) is 1. The van der Waals surface area contributed by atoms with Crippen LogP contribution in [0.5, 0.6) is 5.75 Å². The van der Waals surface area contributed by atoms with Crippen molar-refractivity contribution < 1.29 is 9.53 Å². The average molecular weight is 345 g/mol. The number of carbonyl (C=O) groups excluding carboxylic acids is 1. The van der Waals surface area contributed by atoms with Crippen LogP contribution in [0.4, 0.5) is 5.69 Å². The summed E-state index contributed by atoms with van der Waals surface area (Å²) in [5.74, 6) is 0.743. The van der Waals surface area contributed by atoms with Gasteiger partial charge in [0.2, 0.25) is 5.91 Å². The van der Waals surface area contributed by atoms with E-state index in [4.69, 9.17) is 16.3 Å². The maximum atomic E-state index is 12.1. The van der Waals surface area contributed by atoms with Crippen molar-refractivity contribution in [1.82, 2.24) is 4.90 Å². The van der Waals surface area contributed by atoms with Crippen LogP contribution in [0.15, 0.2) is 61.2 Å². The van der Waals surface area contributed by atoms with Crippen LogP contribution in [-0.4, -0.2) is 31.0 Å². The fourth-order valence-electron chi connectivity index (χ4n) is 2.19. The summed E-state index contributed by atoms with van der Waals surface area (Å²) in [6.07, 6.45) is 1.71. The Morgan fingerprint density at radius 2 is 1.88 bits per heavy atom. The van der Waals surface area contributed by atoms with Gasteiger partial charge in [0.15, 0.2) is 0 Å². The van der Waals surface area contributed by atoms with E-state index in [0.29, 0.717) is 24.7 Å². The number of ether oxygens (including phenoxy) is 1. The second kappa shape index (κ2) is 9.11. The zero-order valence-corrected chi connectivity index (χ0v) is 14.4. The van der Waals surface area contributed by atoms with Gasteiger partial charge in [0.1, 0.15) is 12.4 Å². The molecule has 2 aromatic carbocycles. The number of carbonyl (C=O) groups is 1. The van der Waals surface area contributed by atoms with Crippen molar-refractivity contribution in [1.29, 1.82) is 0 Å². The van der Waals surface area contributed by atoms with E-state index in [2.05, 4.69) is 11.9 Å². The highest BCUT2D eigenvalue weighted by Gasteiger charge is 2.08. The summed E-state index contributed by atoms with van der Waals surface area (Å²) >= 11 is 5.83. The lowest BCUT2D eigenvalue weighted by Crippen LogP contribution is -2.29. The molecule has 2 rings (SSSR count). The van der Waals surface area contributed by atoms with Crippen molar-refractivity contribution in [2.75, 3.05) is 25.5 Å². The van der Waals surface area contributed by atoms with Crippen molar-refractivity contribution in [3.05, 3.63) is 71.8 Å². The van der Waals surface area contributed by atoms with Crippen LogP contribution in [0.3, 0.4) is 0 Å². The Morgan fingerprint density at radius 3 is 2.50 bits per heavy atom. The number of hydrogen-bond acceptors (Lipinski definition) is 3. The van der Waals surface area contributed by atoms with Crippen LogP contribution < -0.4 is 10.1 Å². The van der Waals surface area contributed by atoms with Gasteiger partial charge in [-0.3, -0.25) is 9.69 Å². The molecular formula is C19H21ClN2O2. The van der Waals surface area contributed by atoms with Crippen molar-refractivity contribution in [2.45, 2.75) is 6.54 Å². The van der Waals surface area contributed by atoms with Crippen molar-refractivity contribution >= 4 is 23.2 Å². The summed E-state index contributed by atoms with van der Waals surface area (Å²) in [6.45, 7) is 5.09. The van der Waals surface area contributed by atoms with Crippen molar-refractivity contribution in [3.63, 3.8) is 0 Å². The van der Waals surface area contributed by atoms with Crippen molar-refractivity contribution in [3.8, 4) is 5.75 Å². The lowest BCUT2D eigenvalue weighted by Gasteiger charge is -2.16.